The van der Waals surface area contributed by atoms with Crippen LogP contribution in [0.25, 0.3) is 0 Å². The molecular formula is C15H26N2O3S. The zero-order valence-corrected chi connectivity index (χ0v) is 13.8. The van der Waals surface area contributed by atoms with Crippen molar-refractivity contribution in [2.45, 2.75) is 50.1 Å². The number of benzene rings is 1. The first-order chi connectivity index (χ1) is 9.94. The number of hydrogen-bond acceptors (Lipinski definition) is 4. The molecule has 0 heterocycles. The fraction of sp³-hybridized carbons (Fsp3) is 0.600. The van der Waals surface area contributed by atoms with Gasteiger partial charge in [0, 0.05) is 19.2 Å². The highest BCUT2D eigenvalue weighted by Crippen LogP contribution is 2.18. The summed E-state index contributed by atoms with van der Waals surface area (Å²) in [5.74, 6) is 0. The Balaban J connectivity index is 2.96. The quantitative estimate of drug-likeness (QED) is 0.732. The number of ether oxygens (including phenoxy) is 1. The molecular weight excluding hydrogens is 288 g/mol. The molecule has 2 atom stereocenters. The number of nitrogens with two attached hydrogens (primary N) is 1. The Morgan fingerprint density at radius 3 is 2.62 bits per heavy atom. The number of nitrogens with one attached hydrogen (secondary N) is 1. The first kappa shape index (κ1) is 18.1. The van der Waals surface area contributed by atoms with Gasteiger partial charge < -0.3 is 10.5 Å². The average molecular weight is 314 g/mol. The van der Waals surface area contributed by atoms with E-state index in [-0.39, 0.29) is 17.0 Å². The number of sulfonamides is 1. The maximum absolute atomic E-state index is 12.4. The molecule has 0 aromatic heterocycles. The van der Waals surface area contributed by atoms with E-state index >= 15 is 0 Å². The minimum Gasteiger partial charge on any atom is -0.383 e. The highest BCUT2D eigenvalue weighted by molar-refractivity contribution is 7.89. The van der Waals surface area contributed by atoms with Crippen LogP contribution >= 0.6 is 0 Å². The van der Waals surface area contributed by atoms with Crippen LogP contribution in [0.2, 0.25) is 0 Å². The summed E-state index contributed by atoms with van der Waals surface area (Å²) in [6.45, 7) is 4.35. The van der Waals surface area contributed by atoms with Crippen LogP contribution in [0.3, 0.4) is 0 Å². The van der Waals surface area contributed by atoms with Gasteiger partial charge in [-0.15, -0.1) is 0 Å². The van der Waals surface area contributed by atoms with E-state index in [1.807, 2.05) is 19.9 Å². The highest BCUT2D eigenvalue weighted by atomic mass is 32.2. The molecule has 1 aromatic carbocycles. The molecule has 0 saturated carbocycles. The van der Waals surface area contributed by atoms with E-state index in [1.165, 1.54) is 0 Å². The fourth-order valence-electron chi connectivity index (χ4n) is 2.16. The average Bonchev–Trinajstić information content (AvgIpc) is 2.46. The van der Waals surface area contributed by atoms with Crippen molar-refractivity contribution < 1.29 is 13.2 Å². The monoisotopic (exact) mass is 314 g/mol. The standard InChI is InChI=1S/C15H26N2O3S/c1-4-7-13(11-20-3)17-21(18,19)14-9-6-8-12(10-14)15(16)5-2/h6,8-10,13,15,17H,4-5,7,11,16H2,1-3H3. The topological polar surface area (TPSA) is 81.4 Å². The van der Waals surface area contributed by atoms with Crippen molar-refractivity contribution in [1.82, 2.24) is 4.72 Å². The molecule has 0 bridgehead atoms. The second-order valence-corrected chi connectivity index (χ2v) is 6.86. The lowest BCUT2D eigenvalue weighted by Crippen LogP contribution is -2.37. The Hall–Kier alpha value is -0.950. The normalized spacial score (nSPS) is 14.9. The maximum Gasteiger partial charge on any atom is 0.240 e. The lowest BCUT2D eigenvalue weighted by Gasteiger charge is -2.18. The number of methoxy groups -OCH3 is 1. The minimum absolute atomic E-state index is 0.148. The van der Waals surface area contributed by atoms with Crippen molar-refractivity contribution in [3.05, 3.63) is 29.8 Å². The predicted octanol–water partition coefficient (Wildman–Crippen LogP) is 2.19. The van der Waals surface area contributed by atoms with Crippen molar-refractivity contribution in [2.75, 3.05) is 13.7 Å². The molecule has 0 saturated heterocycles. The Morgan fingerprint density at radius 1 is 1.33 bits per heavy atom. The van der Waals surface area contributed by atoms with Crippen LogP contribution in [0.15, 0.2) is 29.2 Å². The van der Waals surface area contributed by atoms with Crippen LogP contribution in [-0.2, 0) is 14.8 Å². The summed E-state index contributed by atoms with van der Waals surface area (Å²) in [5, 5.41) is 0. The molecule has 0 aliphatic carbocycles. The van der Waals surface area contributed by atoms with Gasteiger partial charge in [-0.25, -0.2) is 13.1 Å². The Labute approximate surface area is 127 Å². The molecule has 0 aliphatic rings. The summed E-state index contributed by atoms with van der Waals surface area (Å²) < 4.78 is 32.7. The Morgan fingerprint density at radius 2 is 2.05 bits per heavy atom. The second kappa shape index (κ2) is 8.48. The van der Waals surface area contributed by atoms with E-state index in [0.29, 0.717) is 6.61 Å². The van der Waals surface area contributed by atoms with Crippen LogP contribution in [0.4, 0.5) is 0 Å². The third-order valence-corrected chi connectivity index (χ3v) is 4.88. The largest absolute Gasteiger partial charge is 0.383 e. The molecule has 1 rings (SSSR count). The SMILES string of the molecule is CCCC(COC)NS(=O)(=O)c1cccc(C(N)CC)c1. The maximum atomic E-state index is 12.4. The molecule has 2 unspecified atom stereocenters. The molecule has 21 heavy (non-hydrogen) atoms. The molecule has 5 nitrogen and oxygen atoms in total. The van der Waals surface area contributed by atoms with E-state index in [9.17, 15) is 8.42 Å². The fourth-order valence-corrected chi connectivity index (χ4v) is 3.47. The van der Waals surface area contributed by atoms with Crippen LogP contribution < -0.4 is 10.5 Å². The molecule has 0 spiro atoms. The van der Waals surface area contributed by atoms with Crippen molar-refractivity contribution >= 4 is 10.0 Å². The third kappa shape index (κ3) is 5.39. The summed E-state index contributed by atoms with van der Waals surface area (Å²) in [7, 11) is -1.99. The van der Waals surface area contributed by atoms with Gasteiger partial charge in [-0.05, 0) is 30.5 Å². The number of hydrogen-bond donors (Lipinski definition) is 2. The molecule has 0 radical (unpaired) electrons. The Kier molecular flexibility index (Phi) is 7.31. The lowest BCUT2D eigenvalue weighted by atomic mass is 10.1. The van der Waals surface area contributed by atoms with E-state index in [0.717, 1.165) is 24.8 Å². The summed E-state index contributed by atoms with van der Waals surface area (Å²) in [6, 6.07) is 6.45. The zero-order chi connectivity index (χ0) is 15.9. The molecule has 0 aliphatic heterocycles. The molecule has 6 heteroatoms. The summed E-state index contributed by atoms with van der Waals surface area (Å²) in [4.78, 5) is 0.251. The molecule has 0 fully saturated rings. The van der Waals surface area contributed by atoms with Gasteiger partial charge in [0.05, 0.1) is 11.5 Å². The van der Waals surface area contributed by atoms with Gasteiger partial charge in [-0.2, -0.15) is 0 Å². The van der Waals surface area contributed by atoms with Crippen LogP contribution in [0.1, 0.15) is 44.7 Å². The predicted molar refractivity (Wildman–Crippen MR) is 84.6 cm³/mol. The Bertz CT molecular complexity index is 525. The van der Waals surface area contributed by atoms with Crippen LogP contribution in [-0.4, -0.2) is 28.2 Å². The third-order valence-electron chi connectivity index (χ3n) is 3.36. The lowest BCUT2D eigenvalue weighted by molar-refractivity contribution is 0.171. The summed E-state index contributed by atoms with van der Waals surface area (Å²) >= 11 is 0. The molecule has 120 valence electrons. The van der Waals surface area contributed by atoms with E-state index in [1.54, 1.807) is 25.3 Å². The van der Waals surface area contributed by atoms with Crippen molar-refractivity contribution in [3.8, 4) is 0 Å². The van der Waals surface area contributed by atoms with E-state index in [4.69, 9.17) is 10.5 Å². The van der Waals surface area contributed by atoms with Crippen molar-refractivity contribution in [1.29, 1.82) is 0 Å². The highest BCUT2D eigenvalue weighted by Gasteiger charge is 2.20. The first-order valence-corrected chi connectivity index (χ1v) is 8.79. The van der Waals surface area contributed by atoms with Crippen molar-refractivity contribution in [2.24, 2.45) is 5.73 Å². The minimum atomic E-state index is -3.55. The van der Waals surface area contributed by atoms with Crippen molar-refractivity contribution in [3.63, 3.8) is 0 Å². The smallest absolute Gasteiger partial charge is 0.240 e. The zero-order valence-electron chi connectivity index (χ0n) is 13.0. The van der Waals surface area contributed by atoms with Gasteiger partial charge in [0.2, 0.25) is 10.0 Å². The first-order valence-electron chi connectivity index (χ1n) is 7.31. The number of rotatable bonds is 9. The second-order valence-electron chi connectivity index (χ2n) is 5.15. The van der Waals surface area contributed by atoms with E-state index in [2.05, 4.69) is 4.72 Å². The molecule has 0 amide bonds. The van der Waals surface area contributed by atoms with E-state index < -0.39 is 10.0 Å². The van der Waals surface area contributed by atoms with Gasteiger partial charge in [0.1, 0.15) is 0 Å². The van der Waals surface area contributed by atoms with Crippen LogP contribution in [0.5, 0.6) is 0 Å². The van der Waals surface area contributed by atoms with Crippen LogP contribution in [0, 0.1) is 0 Å². The van der Waals surface area contributed by atoms with Gasteiger partial charge in [-0.3, -0.25) is 0 Å². The molecule has 3 N–H and O–H groups in total. The summed E-state index contributed by atoms with van der Waals surface area (Å²) in [5.41, 5.74) is 6.80. The van der Waals surface area contributed by atoms with Gasteiger partial charge in [0.15, 0.2) is 0 Å². The van der Waals surface area contributed by atoms with Gasteiger partial charge in [0.25, 0.3) is 0 Å². The van der Waals surface area contributed by atoms with Gasteiger partial charge >= 0.3 is 0 Å². The molecule has 1 aromatic rings. The summed E-state index contributed by atoms with van der Waals surface area (Å²) in [6.07, 6.45) is 2.39. The van der Waals surface area contributed by atoms with Gasteiger partial charge in [-0.1, -0.05) is 32.4 Å².